The largest absolute Gasteiger partial charge is 0.346 e. The summed E-state index contributed by atoms with van der Waals surface area (Å²) in [5.41, 5.74) is 0.00963. The molecule has 0 saturated heterocycles. The summed E-state index contributed by atoms with van der Waals surface area (Å²) in [5, 5.41) is 2.76. The standard InChI is InChI=1S/C12H12N2O2S/c1-8-5-6-9(17-8)7-13-12(16)10-3-2-4-11(15)14-10/h2-6H,7H2,1H3,(H,13,16)(H,14,15). The number of amides is 1. The monoisotopic (exact) mass is 248 g/mol. The number of hydrogen-bond acceptors (Lipinski definition) is 3. The molecule has 2 aromatic heterocycles. The number of carbonyl (C=O) groups excluding carboxylic acids is 1. The van der Waals surface area contributed by atoms with E-state index in [0.717, 1.165) is 4.88 Å². The number of aromatic nitrogens is 1. The van der Waals surface area contributed by atoms with E-state index in [1.54, 1.807) is 23.5 Å². The zero-order chi connectivity index (χ0) is 12.3. The van der Waals surface area contributed by atoms with E-state index in [-0.39, 0.29) is 17.2 Å². The van der Waals surface area contributed by atoms with Crippen LogP contribution in [0.25, 0.3) is 0 Å². The van der Waals surface area contributed by atoms with Crippen LogP contribution in [-0.4, -0.2) is 10.9 Å². The van der Waals surface area contributed by atoms with Crippen LogP contribution in [0.1, 0.15) is 20.2 Å². The van der Waals surface area contributed by atoms with Gasteiger partial charge < -0.3 is 10.3 Å². The molecule has 0 bridgehead atoms. The second kappa shape index (κ2) is 4.97. The fourth-order valence-electron chi connectivity index (χ4n) is 1.42. The summed E-state index contributed by atoms with van der Waals surface area (Å²) < 4.78 is 0. The number of hydrogen-bond donors (Lipinski definition) is 2. The maximum absolute atomic E-state index is 11.7. The molecule has 0 atom stereocenters. The SMILES string of the molecule is Cc1ccc(CNC(=O)c2cccc(=O)[nH]2)s1. The van der Waals surface area contributed by atoms with Gasteiger partial charge in [0.1, 0.15) is 5.69 Å². The summed E-state index contributed by atoms with van der Waals surface area (Å²) in [7, 11) is 0. The molecular formula is C12H12N2O2S. The van der Waals surface area contributed by atoms with Crippen molar-refractivity contribution in [2.24, 2.45) is 0 Å². The van der Waals surface area contributed by atoms with Crippen LogP contribution in [0.4, 0.5) is 0 Å². The summed E-state index contributed by atoms with van der Waals surface area (Å²) in [4.78, 5) is 27.5. The molecule has 0 unspecified atom stereocenters. The number of nitrogens with one attached hydrogen (secondary N) is 2. The Morgan fingerprint density at radius 2 is 2.18 bits per heavy atom. The minimum Gasteiger partial charge on any atom is -0.346 e. The number of aromatic amines is 1. The number of pyridine rings is 1. The Balaban J connectivity index is 2.00. The molecule has 2 N–H and O–H groups in total. The zero-order valence-corrected chi connectivity index (χ0v) is 10.1. The number of H-pyrrole nitrogens is 1. The average Bonchev–Trinajstić information content (AvgIpc) is 2.72. The topological polar surface area (TPSA) is 62.0 Å². The lowest BCUT2D eigenvalue weighted by Gasteiger charge is -2.02. The Morgan fingerprint density at radius 3 is 2.82 bits per heavy atom. The summed E-state index contributed by atoms with van der Waals surface area (Å²) in [6.07, 6.45) is 0. The first kappa shape index (κ1) is 11.6. The third kappa shape index (κ3) is 3.04. The van der Waals surface area contributed by atoms with Crippen LogP contribution in [0.3, 0.4) is 0 Å². The summed E-state index contributed by atoms with van der Waals surface area (Å²) in [6, 6.07) is 8.50. The van der Waals surface area contributed by atoms with E-state index in [1.807, 2.05) is 19.1 Å². The molecule has 0 radical (unpaired) electrons. The highest BCUT2D eigenvalue weighted by molar-refractivity contribution is 7.11. The van der Waals surface area contributed by atoms with Crippen LogP contribution in [0.15, 0.2) is 35.1 Å². The lowest BCUT2D eigenvalue weighted by atomic mass is 10.3. The van der Waals surface area contributed by atoms with Crippen LogP contribution >= 0.6 is 11.3 Å². The van der Waals surface area contributed by atoms with Gasteiger partial charge in [0.2, 0.25) is 5.56 Å². The Kier molecular flexibility index (Phi) is 3.39. The van der Waals surface area contributed by atoms with Crippen molar-refractivity contribution in [3.63, 3.8) is 0 Å². The summed E-state index contributed by atoms with van der Waals surface area (Å²) >= 11 is 1.64. The van der Waals surface area contributed by atoms with Gasteiger partial charge in [-0.3, -0.25) is 9.59 Å². The highest BCUT2D eigenvalue weighted by Crippen LogP contribution is 2.14. The van der Waals surface area contributed by atoms with E-state index in [9.17, 15) is 9.59 Å². The first-order valence-corrected chi connectivity index (χ1v) is 5.99. The molecule has 0 aromatic carbocycles. The molecular weight excluding hydrogens is 236 g/mol. The first-order chi connectivity index (χ1) is 8.15. The van der Waals surface area contributed by atoms with Gasteiger partial charge in [0.25, 0.3) is 5.91 Å². The van der Waals surface area contributed by atoms with E-state index in [4.69, 9.17) is 0 Å². The summed E-state index contributed by atoms with van der Waals surface area (Å²) in [5.74, 6) is -0.270. The molecule has 2 aromatic rings. The van der Waals surface area contributed by atoms with Crippen LogP contribution in [0.5, 0.6) is 0 Å². The maximum Gasteiger partial charge on any atom is 0.268 e. The van der Waals surface area contributed by atoms with Crippen molar-refractivity contribution in [1.29, 1.82) is 0 Å². The van der Waals surface area contributed by atoms with Gasteiger partial charge in [-0.2, -0.15) is 0 Å². The van der Waals surface area contributed by atoms with E-state index < -0.39 is 0 Å². The van der Waals surface area contributed by atoms with Crippen LogP contribution in [0, 0.1) is 6.92 Å². The van der Waals surface area contributed by atoms with Gasteiger partial charge in [0, 0.05) is 15.8 Å². The predicted octanol–water partition coefficient (Wildman–Crippen LogP) is 1.67. The zero-order valence-electron chi connectivity index (χ0n) is 9.32. The van der Waals surface area contributed by atoms with Gasteiger partial charge in [-0.15, -0.1) is 11.3 Å². The second-order valence-corrected chi connectivity index (χ2v) is 5.00. The molecule has 0 aliphatic carbocycles. The molecule has 5 heteroatoms. The molecule has 0 fully saturated rings. The average molecular weight is 248 g/mol. The van der Waals surface area contributed by atoms with Crippen molar-refractivity contribution in [1.82, 2.24) is 10.3 Å². The molecule has 17 heavy (non-hydrogen) atoms. The predicted molar refractivity (Wildman–Crippen MR) is 67.3 cm³/mol. The number of aryl methyl sites for hydroxylation is 1. The molecule has 0 spiro atoms. The fraction of sp³-hybridized carbons (Fsp3) is 0.167. The van der Waals surface area contributed by atoms with Crippen molar-refractivity contribution in [2.75, 3.05) is 0 Å². The molecule has 4 nitrogen and oxygen atoms in total. The van der Waals surface area contributed by atoms with Gasteiger partial charge in [-0.25, -0.2) is 0 Å². The van der Waals surface area contributed by atoms with Crippen molar-refractivity contribution in [2.45, 2.75) is 13.5 Å². The molecule has 0 aliphatic heterocycles. The number of rotatable bonds is 3. The lowest BCUT2D eigenvalue weighted by Crippen LogP contribution is -2.25. The van der Waals surface area contributed by atoms with Gasteiger partial charge in [-0.05, 0) is 25.1 Å². The minimum atomic E-state index is -0.274. The minimum absolute atomic E-state index is 0.270. The second-order valence-electron chi connectivity index (χ2n) is 3.62. The van der Waals surface area contributed by atoms with E-state index in [2.05, 4.69) is 10.3 Å². The van der Waals surface area contributed by atoms with Gasteiger partial charge in [0.05, 0.1) is 6.54 Å². The molecule has 1 amide bonds. The third-order valence-corrected chi connectivity index (χ3v) is 3.23. The van der Waals surface area contributed by atoms with Gasteiger partial charge >= 0.3 is 0 Å². The normalized spacial score (nSPS) is 10.2. The maximum atomic E-state index is 11.7. The van der Waals surface area contributed by atoms with Crippen molar-refractivity contribution in [3.05, 3.63) is 56.1 Å². The van der Waals surface area contributed by atoms with E-state index in [1.165, 1.54) is 10.9 Å². The Bertz CT molecular complexity index is 586. The molecule has 0 aliphatic rings. The third-order valence-electron chi connectivity index (χ3n) is 2.23. The van der Waals surface area contributed by atoms with Crippen LogP contribution < -0.4 is 10.9 Å². The molecule has 2 heterocycles. The Morgan fingerprint density at radius 1 is 1.35 bits per heavy atom. The smallest absolute Gasteiger partial charge is 0.268 e. The van der Waals surface area contributed by atoms with E-state index in [0.29, 0.717) is 6.54 Å². The first-order valence-electron chi connectivity index (χ1n) is 5.18. The molecule has 2 rings (SSSR count). The molecule has 88 valence electrons. The highest BCUT2D eigenvalue weighted by atomic mass is 32.1. The quantitative estimate of drug-likeness (QED) is 0.868. The number of carbonyl (C=O) groups is 1. The van der Waals surface area contributed by atoms with Crippen molar-refractivity contribution >= 4 is 17.2 Å². The van der Waals surface area contributed by atoms with Gasteiger partial charge in [-0.1, -0.05) is 6.07 Å². The lowest BCUT2D eigenvalue weighted by molar-refractivity contribution is 0.0946. The fourth-order valence-corrected chi connectivity index (χ4v) is 2.25. The Labute approximate surface area is 102 Å². The van der Waals surface area contributed by atoms with Crippen LogP contribution in [0.2, 0.25) is 0 Å². The Hall–Kier alpha value is -1.88. The van der Waals surface area contributed by atoms with Gasteiger partial charge in [0.15, 0.2) is 0 Å². The van der Waals surface area contributed by atoms with E-state index >= 15 is 0 Å². The van der Waals surface area contributed by atoms with Crippen molar-refractivity contribution in [3.8, 4) is 0 Å². The highest BCUT2D eigenvalue weighted by Gasteiger charge is 2.06. The van der Waals surface area contributed by atoms with Crippen LogP contribution in [-0.2, 0) is 6.54 Å². The molecule has 0 saturated carbocycles. The number of thiophene rings is 1. The van der Waals surface area contributed by atoms with Crippen molar-refractivity contribution < 1.29 is 4.79 Å². The summed E-state index contributed by atoms with van der Waals surface area (Å²) in [6.45, 7) is 2.50.